The molecule has 1 saturated heterocycles. The van der Waals surface area contributed by atoms with Gasteiger partial charge in [-0.05, 0) is 26.3 Å². The Labute approximate surface area is 106 Å². The summed E-state index contributed by atoms with van der Waals surface area (Å²) in [6.07, 6.45) is 0.770. The zero-order valence-corrected chi connectivity index (χ0v) is 12.3. The number of hydrogen-bond acceptors (Lipinski definition) is 4. The third kappa shape index (κ3) is 4.94. The minimum Gasteiger partial charge on any atom is -0.312 e. The van der Waals surface area contributed by atoms with Crippen molar-refractivity contribution in [1.82, 2.24) is 10.2 Å². The fourth-order valence-electron chi connectivity index (χ4n) is 2.11. The highest BCUT2D eigenvalue weighted by Gasteiger charge is 2.27. The highest BCUT2D eigenvalue weighted by Crippen LogP contribution is 2.11. The summed E-state index contributed by atoms with van der Waals surface area (Å²) in [5.41, 5.74) is 0. The minimum atomic E-state index is -2.75. The molecule has 0 spiro atoms. The predicted molar refractivity (Wildman–Crippen MR) is 72.0 cm³/mol. The molecule has 4 nitrogen and oxygen atoms in total. The third-order valence-electron chi connectivity index (χ3n) is 3.79. The zero-order chi connectivity index (χ0) is 13.1. The van der Waals surface area contributed by atoms with Crippen molar-refractivity contribution in [3.05, 3.63) is 0 Å². The van der Waals surface area contributed by atoms with Crippen LogP contribution < -0.4 is 5.32 Å². The Morgan fingerprint density at radius 2 is 2.00 bits per heavy atom. The Balaban J connectivity index is 2.20. The molecule has 0 saturated carbocycles. The fourth-order valence-corrected chi connectivity index (χ4v) is 3.82. The molecule has 1 aliphatic rings. The topological polar surface area (TPSA) is 49.4 Å². The molecule has 0 bridgehead atoms. The maximum Gasteiger partial charge on any atom is 0.151 e. The number of rotatable bonds is 6. The van der Waals surface area contributed by atoms with Crippen LogP contribution in [0.3, 0.4) is 0 Å². The van der Waals surface area contributed by atoms with Crippen LogP contribution in [-0.4, -0.2) is 57.0 Å². The van der Waals surface area contributed by atoms with Gasteiger partial charge in [0, 0.05) is 25.2 Å². The van der Waals surface area contributed by atoms with E-state index in [1.807, 2.05) is 0 Å². The highest BCUT2D eigenvalue weighted by molar-refractivity contribution is 7.91. The Hall–Kier alpha value is -0.130. The maximum absolute atomic E-state index is 11.3. The van der Waals surface area contributed by atoms with Crippen LogP contribution in [0, 0.1) is 5.92 Å². The molecule has 1 aliphatic heterocycles. The zero-order valence-electron chi connectivity index (χ0n) is 11.4. The van der Waals surface area contributed by atoms with Gasteiger partial charge in [-0.3, -0.25) is 0 Å². The third-order valence-corrected chi connectivity index (χ3v) is 5.56. The Bertz CT molecular complexity index is 327. The van der Waals surface area contributed by atoms with Gasteiger partial charge in [0.2, 0.25) is 0 Å². The first-order chi connectivity index (χ1) is 7.82. The SMILES string of the molecule is CC(C)C(C)N(C)CCNC1CCS(=O)(=O)C1. The molecule has 17 heavy (non-hydrogen) atoms. The number of likely N-dealkylation sites (N-methyl/N-ethyl adjacent to an activating group) is 1. The Morgan fingerprint density at radius 1 is 1.35 bits per heavy atom. The molecule has 0 aliphatic carbocycles. The van der Waals surface area contributed by atoms with Crippen molar-refractivity contribution in [3.8, 4) is 0 Å². The molecule has 0 aromatic rings. The number of hydrogen-bond donors (Lipinski definition) is 1. The largest absolute Gasteiger partial charge is 0.312 e. The lowest BCUT2D eigenvalue weighted by molar-refractivity contribution is 0.207. The smallest absolute Gasteiger partial charge is 0.151 e. The van der Waals surface area contributed by atoms with Crippen LogP contribution in [-0.2, 0) is 9.84 Å². The molecule has 1 N–H and O–H groups in total. The van der Waals surface area contributed by atoms with Crippen LogP contribution in [0.1, 0.15) is 27.2 Å². The molecule has 5 heteroatoms. The average Bonchev–Trinajstić information content (AvgIpc) is 2.56. The summed E-state index contributed by atoms with van der Waals surface area (Å²) in [6.45, 7) is 8.50. The summed E-state index contributed by atoms with van der Waals surface area (Å²) < 4.78 is 22.6. The first kappa shape index (κ1) is 14.9. The molecular formula is C12H26N2O2S. The van der Waals surface area contributed by atoms with E-state index in [1.54, 1.807) is 0 Å². The maximum atomic E-state index is 11.3. The van der Waals surface area contributed by atoms with Crippen LogP contribution in [0.15, 0.2) is 0 Å². The van der Waals surface area contributed by atoms with Crippen molar-refractivity contribution in [2.75, 3.05) is 31.6 Å². The monoisotopic (exact) mass is 262 g/mol. The summed E-state index contributed by atoms with van der Waals surface area (Å²) in [5.74, 6) is 1.31. The normalized spacial score (nSPS) is 25.6. The lowest BCUT2D eigenvalue weighted by Crippen LogP contribution is -2.41. The second kappa shape index (κ2) is 6.16. The average molecular weight is 262 g/mol. The highest BCUT2D eigenvalue weighted by atomic mass is 32.2. The molecule has 0 amide bonds. The molecule has 1 heterocycles. The van der Waals surface area contributed by atoms with Crippen LogP contribution in [0.4, 0.5) is 0 Å². The molecule has 2 atom stereocenters. The summed E-state index contributed by atoms with van der Waals surface area (Å²) in [6, 6.07) is 0.729. The van der Waals surface area contributed by atoms with Crippen LogP contribution in [0.2, 0.25) is 0 Å². The molecule has 0 radical (unpaired) electrons. The molecule has 0 aromatic carbocycles. The molecule has 2 unspecified atom stereocenters. The van der Waals surface area contributed by atoms with Gasteiger partial charge in [0.15, 0.2) is 9.84 Å². The molecule has 1 rings (SSSR count). The molecule has 1 fully saturated rings. The van der Waals surface area contributed by atoms with Gasteiger partial charge in [0.1, 0.15) is 0 Å². The summed E-state index contributed by atoms with van der Waals surface area (Å²) in [5, 5.41) is 3.34. The lowest BCUT2D eigenvalue weighted by Gasteiger charge is -2.28. The van der Waals surface area contributed by atoms with E-state index in [9.17, 15) is 8.42 Å². The van der Waals surface area contributed by atoms with E-state index in [0.717, 1.165) is 19.5 Å². The van der Waals surface area contributed by atoms with Crippen molar-refractivity contribution in [3.63, 3.8) is 0 Å². The van der Waals surface area contributed by atoms with Gasteiger partial charge >= 0.3 is 0 Å². The van der Waals surface area contributed by atoms with Crippen molar-refractivity contribution < 1.29 is 8.42 Å². The predicted octanol–water partition coefficient (Wildman–Crippen LogP) is 0.739. The number of sulfone groups is 1. The van der Waals surface area contributed by atoms with Gasteiger partial charge in [-0.25, -0.2) is 8.42 Å². The first-order valence-electron chi connectivity index (χ1n) is 6.46. The van der Waals surface area contributed by atoms with Crippen LogP contribution >= 0.6 is 0 Å². The van der Waals surface area contributed by atoms with E-state index >= 15 is 0 Å². The van der Waals surface area contributed by atoms with Gasteiger partial charge in [0.25, 0.3) is 0 Å². The van der Waals surface area contributed by atoms with Crippen molar-refractivity contribution in [2.24, 2.45) is 5.92 Å². The van der Waals surface area contributed by atoms with E-state index in [2.05, 4.69) is 38.0 Å². The minimum absolute atomic E-state index is 0.169. The van der Waals surface area contributed by atoms with Crippen LogP contribution in [0.25, 0.3) is 0 Å². The summed E-state index contributed by atoms with van der Waals surface area (Å²) in [7, 11) is -0.629. The van der Waals surface area contributed by atoms with Gasteiger partial charge in [0.05, 0.1) is 11.5 Å². The Kier molecular flexibility index (Phi) is 5.41. The van der Waals surface area contributed by atoms with Crippen molar-refractivity contribution >= 4 is 9.84 Å². The van der Waals surface area contributed by atoms with Gasteiger partial charge in [-0.2, -0.15) is 0 Å². The van der Waals surface area contributed by atoms with Crippen molar-refractivity contribution in [2.45, 2.75) is 39.3 Å². The van der Waals surface area contributed by atoms with E-state index < -0.39 is 9.84 Å². The van der Waals surface area contributed by atoms with Gasteiger partial charge in [-0.1, -0.05) is 13.8 Å². The second-order valence-electron chi connectivity index (χ2n) is 5.52. The number of nitrogens with zero attached hydrogens (tertiary/aromatic N) is 1. The first-order valence-corrected chi connectivity index (χ1v) is 8.28. The van der Waals surface area contributed by atoms with Crippen LogP contribution in [0.5, 0.6) is 0 Å². The number of nitrogens with one attached hydrogen (secondary N) is 1. The molecular weight excluding hydrogens is 236 g/mol. The van der Waals surface area contributed by atoms with Gasteiger partial charge in [-0.15, -0.1) is 0 Å². The standard InChI is InChI=1S/C12H26N2O2S/c1-10(2)11(3)14(4)7-6-13-12-5-8-17(15,16)9-12/h10-13H,5-9H2,1-4H3. The van der Waals surface area contributed by atoms with Gasteiger partial charge < -0.3 is 10.2 Å². The second-order valence-corrected chi connectivity index (χ2v) is 7.75. The molecule has 0 aromatic heterocycles. The van der Waals surface area contributed by atoms with E-state index in [1.165, 1.54) is 0 Å². The lowest BCUT2D eigenvalue weighted by atomic mass is 10.1. The van der Waals surface area contributed by atoms with E-state index in [0.29, 0.717) is 23.5 Å². The molecule has 102 valence electrons. The Morgan fingerprint density at radius 3 is 2.47 bits per heavy atom. The fraction of sp³-hybridized carbons (Fsp3) is 1.00. The quantitative estimate of drug-likeness (QED) is 0.767. The van der Waals surface area contributed by atoms with Crippen molar-refractivity contribution in [1.29, 1.82) is 0 Å². The summed E-state index contributed by atoms with van der Waals surface area (Å²) >= 11 is 0. The summed E-state index contributed by atoms with van der Waals surface area (Å²) in [4.78, 5) is 2.32. The van der Waals surface area contributed by atoms with E-state index in [4.69, 9.17) is 0 Å². The van der Waals surface area contributed by atoms with E-state index in [-0.39, 0.29) is 6.04 Å².